The quantitative estimate of drug-likeness (QED) is 0.309. The van der Waals surface area contributed by atoms with Gasteiger partial charge < -0.3 is 0 Å². The maximum Gasteiger partial charge on any atom is 0.328 e. The van der Waals surface area contributed by atoms with Crippen molar-refractivity contribution in [1.82, 2.24) is 35.1 Å². The van der Waals surface area contributed by atoms with Gasteiger partial charge in [-0.25, -0.2) is 0 Å². The zero-order valence-electron chi connectivity index (χ0n) is 18.1. The smallest absolute Gasteiger partial charge is 0.193 e. The highest BCUT2D eigenvalue weighted by Gasteiger charge is 2.19. The number of nitrogens with zero attached hydrogens (tertiary/aromatic N) is 8. The maximum atomic E-state index is 4.81. The van der Waals surface area contributed by atoms with Crippen molar-refractivity contribution in [1.29, 1.82) is 0 Å². The lowest BCUT2D eigenvalue weighted by Crippen LogP contribution is -2.26. The largest absolute Gasteiger partial charge is 0.328 e. The summed E-state index contributed by atoms with van der Waals surface area (Å²) in [5.74, 6) is 0. The van der Waals surface area contributed by atoms with E-state index in [-0.39, 0.29) is 0 Å². The van der Waals surface area contributed by atoms with Crippen LogP contribution >= 0.6 is 0 Å². The Morgan fingerprint density at radius 1 is 0.879 bits per heavy atom. The summed E-state index contributed by atoms with van der Waals surface area (Å²) in [5.41, 5.74) is 7.08. The van der Waals surface area contributed by atoms with E-state index in [1.165, 1.54) is 21.7 Å². The Morgan fingerprint density at radius 2 is 1.79 bits per heavy atom. The first-order valence-corrected chi connectivity index (χ1v) is 10.8. The SMILES string of the molecule is Cc1cc2nnnn2c2ccc(Cn3nc4cc(C)c5c6ccccc6ccc5[n+]4n3)cc12. The predicted molar refractivity (Wildman–Crippen MR) is 125 cm³/mol. The highest BCUT2D eigenvalue weighted by atomic mass is 15.6. The summed E-state index contributed by atoms with van der Waals surface area (Å²) >= 11 is 0. The number of aryl methyl sites for hydroxylation is 2. The van der Waals surface area contributed by atoms with E-state index in [1.807, 2.05) is 10.6 Å². The molecule has 8 nitrogen and oxygen atoms in total. The van der Waals surface area contributed by atoms with Crippen molar-refractivity contribution in [3.63, 3.8) is 0 Å². The fraction of sp³-hybridized carbons (Fsp3) is 0.120. The van der Waals surface area contributed by atoms with Crippen molar-refractivity contribution in [3.05, 3.63) is 83.4 Å². The molecule has 0 N–H and O–H groups in total. The third kappa shape index (κ3) is 2.64. The van der Waals surface area contributed by atoms with E-state index < -0.39 is 0 Å². The zero-order valence-corrected chi connectivity index (χ0v) is 18.1. The van der Waals surface area contributed by atoms with Crippen LogP contribution in [0.5, 0.6) is 0 Å². The number of hydrogen-bond acceptors (Lipinski definition) is 5. The Morgan fingerprint density at radius 3 is 2.73 bits per heavy atom. The van der Waals surface area contributed by atoms with Crippen molar-refractivity contribution in [2.75, 3.05) is 0 Å². The van der Waals surface area contributed by atoms with Crippen LogP contribution in [-0.2, 0) is 6.54 Å². The molecule has 0 saturated carbocycles. The molecule has 0 amide bonds. The summed E-state index contributed by atoms with van der Waals surface area (Å²) in [6.07, 6.45) is 0. The molecule has 0 fully saturated rings. The molecule has 158 valence electrons. The van der Waals surface area contributed by atoms with Crippen LogP contribution in [0.2, 0.25) is 0 Å². The summed E-state index contributed by atoms with van der Waals surface area (Å²) in [4.78, 5) is 1.76. The predicted octanol–water partition coefficient (Wildman–Crippen LogP) is 3.58. The molecule has 7 rings (SSSR count). The van der Waals surface area contributed by atoms with E-state index in [2.05, 4.69) is 90.0 Å². The minimum atomic E-state index is 0.568. The van der Waals surface area contributed by atoms with Gasteiger partial charge in [-0.1, -0.05) is 40.9 Å². The molecule has 0 aliphatic carbocycles. The average molecular weight is 431 g/mol. The van der Waals surface area contributed by atoms with Gasteiger partial charge in [-0.2, -0.15) is 4.52 Å². The molecular formula is C25H19N8+. The van der Waals surface area contributed by atoms with Crippen molar-refractivity contribution >= 4 is 43.9 Å². The summed E-state index contributed by atoms with van der Waals surface area (Å²) in [7, 11) is 0. The van der Waals surface area contributed by atoms with Crippen LogP contribution in [0.4, 0.5) is 0 Å². The van der Waals surface area contributed by atoms with E-state index in [1.54, 1.807) is 9.31 Å². The Kier molecular flexibility index (Phi) is 3.59. The lowest BCUT2D eigenvalue weighted by molar-refractivity contribution is -0.557. The fourth-order valence-corrected chi connectivity index (χ4v) is 4.85. The highest BCUT2D eigenvalue weighted by molar-refractivity contribution is 6.07. The molecule has 0 radical (unpaired) electrons. The lowest BCUT2D eigenvalue weighted by Gasteiger charge is -2.05. The molecule has 0 spiro atoms. The van der Waals surface area contributed by atoms with E-state index >= 15 is 0 Å². The fourth-order valence-electron chi connectivity index (χ4n) is 4.85. The van der Waals surface area contributed by atoms with Crippen molar-refractivity contribution in [2.45, 2.75) is 20.4 Å². The summed E-state index contributed by atoms with van der Waals surface area (Å²) in [5, 5.41) is 26.3. The molecule has 4 aromatic heterocycles. The average Bonchev–Trinajstić information content (AvgIpc) is 3.45. The van der Waals surface area contributed by atoms with E-state index in [9.17, 15) is 0 Å². The van der Waals surface area contributed by atoms with Crippen molar-refractivity contribution in [3.8, 4) is 0 Å². The number of pyridine rings is 2. The molecule has 7 aromatic rings. The second kappa shape index (κ2) is 6.52. The molecular weight excluding hydrogens is 412 g/mol. The Hall–Kier alpha value is -4.46. The molecule has 0 saturated heterocycles. The van der Waals surface area contributed by atoms with Gasteiger partial charge in [0.15, 0.2) is 12.2 Å². The Balaban J connectivity index is 1.37. The Bertz CT molecular complexity index is 1880. The number of aromatic nitrogens is 8. The second-order valence-electron chi connectivity index (χ2n) is 8.53. The van der Waals surface area contributed by atoms with Crippen LogP contribution in [0.3, 0.4) is 0 Å². The standard InChI is InChI=1S/C25H19N8/c1-15-11-23-26-28-29-32(23)21-9-7-17(13-20(15)21)14-31-27-24-12-16(2)25-19-6-4-3-5-18(19)8-10-22(25)33(24)30-31/h3-13H,14H2,1-2H3/q+1. The van der Waals surface area contributed by atoms with Crippen LogP contribution in [0.25, 0.3) is 43.9 Å². The molecule has 0 aliphatic rings. The minimum Gasteiger partial charge on any atom is -0.193 e. The first-order chi connectivity index (χ1) is 16.2. The third-order valence-corrected chi connectivity index (χ3v) is 6.38. The molecule has 8 heteroatoms. The summed E-state index contributed by atoms with van der Waals surface area (Å²) < 4.78 is 3.70. The summed E-state index contributed by atoms with van der Waals surface area (Å²) in [6, 6.07) is 23.2. The first kappa shape index (κ1) is 18.1. The third-order valence-electron chi connectivity index (χ3n) is 6.38. The molecule has 0 unspecified atom stereocenters. The van der Waals surface area contributed by atoms with Crippen LogP contribution < -0.4 is 4.52 Å². The number of tetrazole rings is 2. The maximum absolute atomic E-state index is 4.81. The zero-order chi connectivity index (χ0) is 22.1. The number of fused-ring (bicyclic) bond motifs is 8. The first-order valence-electron chi connectivity index (χ1n) is 10.8. The van der Waals surface area contributed by atoms with Crippen molar-refractivity contribution in [2.24, 2.45) is 0 Å². The summed E-state index contributed by atoms with van der Waals surface area (Å²) in [6.45, 7) is 4.79. The van der Waals surface area contributed by atoms with Gasteiger partial charge in [0.1, 0.15) is 5.52 Å². The van der Waals surface area contributed by atoms with Crippen LogP contribution in [-0.4, -0.2) is 35.1 Å². The number of benzene rings is 3. The molecule has 0 bridgehead atoms. The number of hydrogen-bond donors (Lipinski definition) is 0. The van der Waals surface area contributed by atoms with Gasteiger partial charge in [0, 0.05) is 16.8 Å². The van der Waals surface area contributed by atoms with E-state index in [4.69, 9.17) is 10.3 Å². The second-order valence-corrected chi connectivity index (χ2v) is 8.53. The molecule has 3 aromatic carbocycles. The molecule has 4 heterocycles. The van der Waals surface area contributed by atoms with Crippen LogP contribution in [0.15, 0.2) is 66.7 Å². The van der Waals surface area contributed by atoms with E-state index in [0.29, 0.717) is 6.54 Å². The topological polar surface area (TPSA) is 77.9 Å². The van der Waals surface area contributed by atoms with Gasteiger partial charge in [-0.05, 0) is 80.8 Å². The van der Waals surface area contributed by atoms with E-state index in [0.717, 1.165) is 38.8 Å². The van der Waals surface area contributed by atoms with Crippen LogP contribution in [0, 0.1) is 13.8 Å². The molecule has 0 atom stereocenters. The van der Waals surface area contributed by atoms with Gasteiger partial charge in [-0.15, -0.1) is 5.10 Å². The van der Waals surface area contributed by atoms with Gasteiger partial charge in [0.2, 0.25) is 0 Å². The normalized spacial score (nSPS) is 12.1. The Labute approximate surface area is 187 Å². The van der Waals surface area contributed by atoms with Gasteiger partial charge in [0.25, 0.3) is 0 Å². The van der Waals surface area contributed by atoms with Crippen molar-refractivity contribution < 1.29 is 4.52 Å². The lowest BCUT2D eigenvalue weighted by atomic mass is 10.0. The van der Waals surface area contributed by atoms with Gasteiger partial charge in [-0.3, -0.25) is 0 Å². The molecule has 0 aliphatic heterocycles. The minimum absolute atomic E-state index is 0.568. The van der Waals surface area contributed by atoms with Gasteiger partial charge in [0.05, 0.1) is 15.8 Å². The highest BCUT2D eigenvalue weighted by Crippen LogP contribution is 2.26. The molecule has 33 heavy (non-hydrogen) atoms. The van der Waals surface area contributed by atoms with Gasteiger partial charge >= 0.3 is 5.65 Å². The van der Waals surface area contributed by atoms with Crippen LogP contribution in [0.1, 0.15) is 16.7 Å². The number of rotatable bonds is 2. The monoisotopic (exact) mass is 431 g/mol.